The summed E-state index contributed by atoms with van der Waals surface area (Å²) in [6.45, 7) is 24.0. The van der Waals surface area contributed by atoms with Crippen LogP contribution in [0.15, 0.2) is 24.3 Å². The summed E-state index contributed by atoms with van der Waals surface area (Å²) in [7, 11) is -2.50. The molecule has 0 N–H and O–H groups in total. The van der Waals surface area contributed by atoms with Crippen LogP contribution in [-0.2, 0) is 9.31 Å². The minimum atomic E-state index is -1.93. The summed E-state index contributed by atoms with van der Waals surface area (Å²) >= 11 is 0. The monoisotopic (exact) mass is 466 g/mol. The lowest BCUT2D eigenvalue weighted by atomic mass is 9.74. The number of rotatable bonds is 4. The number of hydrogen-bond acceptors (Lipinski definition) is 2. The highest BCUT2D eigenvalue weighted by Crippen LogP contribution is 2.41. The molecule has 3 rings (SSSR count). The summed E-state index contributed by atoms with van der Waals surface area (Å²) in [5.74, 6) is 3.32. The van der Waals surface area contributed by atoms with Gasteiger partial charge in [0, 0.05) is 16.3 Å². The van der Waals surface area contributed by atoms with Crippen LogP contribution in [0.4, 0.5) is 4.39 Å². The molecule has 2 aromatic rings. The Labute approximate surface area is 201 Å². The fourth-order valence-corrected chi connectivity index (χ4v) is 10.7. The number of halogens is 1. The predicted molar refractivity (Wildman–Crippen MR) is 142 cm³/mol. The predicted octanol–water partition coefficient (Wildman–Crippen LogP) is 7.16. The van der Waals surface area contributed by atoms with Gasteiger partial charge in [-0.15, -0.1) is 5.54 Å². The van der Waals surface area contributed by atoms with Crippen LogP contribution >= 0.6 is 0 Å². The van der Waals surface area contributed by atoms with Crippen molar-refractivity contribution in [3.05, 3.63) is 41.2 Å². The molecule has 0 saturated carbocycles. The van der Waals surface area contributed by atoms with Crippen molar-refractivity contribution in [3.8, 4) is 11.5 Å². The van der Waals surface area contributed by atoms with Gasteiger partial charge in [0.1, 0.15) is 13.9 Å². The van der Waals surface area contributed by atoms with Gasteiger partial charge < -0.3 is 9.31 Å². The van der Waals surface area contributed by atoms with Gasteiger partial charge in [0.2, 0.25) is 0 Å². The van der Waals surface area contributed by atoms with E-state index in [1.807, 2.05) is 46.8 Å². The molecule has 33 heavy (non-hydrogen) atoms. The highest BCUT2D eigenvalue weighted by Gasteiger charge is 2.52. The summed E-state index contributed by atoms with van der Waals surface area (Å²) < 4.78 is 27.8. The number of hydrogen-bond donors (Lipinski definition) is 0. The molecule has 1 aliphatic heterocycles. The average molecular weight is 467 g/mol. The second-order valence-electron chi connectivity index (χ2n) is 11.6. The molecular weight excluding hydrogens is 426 g/mol. The van der Waals surface area contributed by atoms with Gasteiger partial charge >= 0.3 is 7.12 Å². The molecular formula is C28H40BFO2Si. The SMILES string of the molecule is Cc1cc(B2OC(C)(C)C(C)(C)O2)c2c(C#C[Si](C(C)C)(C(C)C)C(C)C)ccc(F)c2c1. The topological polar surface area (TPSA) is 18.5 Å². The molecule has 0 amide bonds. The molecule has 0 aromatic heterocycles. The summed E-state index contributed by atoms with van der Waals surface area (Å²) in [6, 6.07) is 7.34. The van der Waals surface area contributed by atoms with E-state index in [1.54, 1.807) is 6.07 Å². The number of benzene rings is 2. The van der Waals surface area contributed by atoms with Crippen LogP contribution < -0.4 is 5.46 Å². The minimum Gasteiger partial charge on any atom is -0.399 e. The van der Waals surface area contributed by atoms with Crippen LogP contribution in [0.25, 0.3) is 10.8 Å². The molecule has 0 radical (unpaired) electrons. The van der Waals surface area contributed by atoms with Crippen molar-refractivity contribution in [1.29, 1.82) is 0 Å². The Kier molecular flexibility index (Phi) is 6.99. The van der Waals surface area contributed by atoms with Gasteiger partial charge in [0.15, 0.2) is 0 Å². The van der Waals surface area contributed by atoms with Crippen molar-refractivity contribution in [3.63, 3.8) is 0 Å². The number of fused-ring (bicyclic) bond motifs is 1. The van der Waals surface area contributed by atoms with E-state index in [0.29, 0.717) is 22.0 Å². The van der Waals surface area contributed by atoms with Gasteiger partial charge in [-0.1, -0.05) is 59.1 Å². The minimum absolute atomic E-state index is 0.239. The van der Waals surface area contributed by atoms with Gasteiger partial charge in [-0.05, 0) is 74.9 Å². The summed E-state index contributed by atoms with van der Waals surface area (Å²) in [5.41, 5.74) is 7.15. The Morgan fingerprint density at radius 1 is 0.879 bits per heavy atom. The van der Waals surface area contributed by atoms with Crippen molar-refractivity contribution in [2.75, 3.05) is 0 Å². The first kappa shape index (κ1) is 26.0. The molecule has 2 aromatic carbocycles. The van der Waals surface area contributed by atoms with E-state index in [4.69, 9.17) is 9.31 Å². The first-order valence-corrected chi connectivity index (χ1v) is 14.5. The lowest BCUT2D eigenvalue weighted by Crippen LogP contribution is -2.43. The maximum atomic E-state index is 15.1. The largest absolute Gasteiger partial charge is 0.495 e. The zero-order valence-electron chi connectivity index (χ0n) is 22.3. The molecule has 178 valence electrons. The van der Waals surface area contributed by atoms with Crippen molar-refractivity contribution in [1.82, 2.24) is 0 Å². The highest BCUT2D eigenvalue weighted by atomic mass is 28.3. The van der Waals surface area contributed by atoms with Gasteiger partial charge in [0.05, 0.1) is 11.2 Å². The third kappa shape index (κ3) is 4.43. The molecule has 0 spiro atoms. The van der Waals surface area contributed by atoms with Crippen LogP contribution in [0.3, 0.4) is 0 Å². The van der Waals surface area contributed by atoms with Gasteiger partial charge in [-0.2, -0.15) is 0 Å². The smallest absolute Gasteiger partial charge is 0.399 e. The molecule has 1 aliphatic rings. The van der Waals surface area contributed by atoms with Crippen molar-refractivity contribution in [2.45, 2.75) is 104 Å². The molecule has 1 saturated heterocycles. The molecule has 0 unspecified atom stereocenters. The Bertz CT molecular complexity index is 1070. The maximum Gasteiger partial charge on any atom is 0.495 e. The Morgan fingerprint density at radius 2 is 1.39 bits per heavy atom. The molecule has 0 atom stereocenters. The normalized spacial score (nSPS) is 17.8. The van der Waals surface area contributed by atoms with E-state index in [1.165, 1.54) is 0 Å². The fraction of sp³-hybridized carbons (Fsp3) is 0.571. The standard InChI is InChI=1S/C28H40BFO2Si/c1-18(2)33(19(3)4,20(5)6)15-14-22-12-13-25(30)23-16-21(7)17-24(26(22)23)29-31-27(8,9)28(10,11)32-29/h12-13,16-20H,1-11H3. The average Bonchev–Trinajstić information content (AvgIpc) is 2.90. The molecule has 2 nitrogen and oxygen atoms in total. The van der Waals surface area contributed by atoms with E-state index in [0.717, 1.165) is 22.0 Å². The van der Waals surface area contributed by atoms with Crippen LogP contribution in [-0.4, -0.2) is 26.4 Å². The Morgan fingerprint density at radius 3 is 1.88 bits per heavy atom. The third-order valence-electron chi connectivity index (χ3n) is 8.02. The molecule has 0 aliphatic carbocycles. The molecule has 1 fully saturated rings. The van der Waals surface area contributed by atoms with E-state index in [-0.39, 0.29) is 5.82 Å². The lowest BCUT2D eigenvalue weighted by molar-refractivity contribution is 0.00578. The third-order valence-corrected chi connectivity index (χ3v) is 14.3. The highest BCUT2D eigenvalue weighted by molar-refractivity contribution is 6.90. The summed E-state index contributed by atoms with van der Waals surface area (Å²) in [6.07, 6.45) is 0. The number of aryl methyl sites for hydroxylation is 1. The molecule has 0 bridgehead atoms. The Hall–Kier alpha value is -1.61. The zero-order valence-corrected chi connectivity index (χ0v) is 23.3. The van der Waals surface area contributed by atoms with Crippen LogP contribution in [0.5, 0.6) is 0 Å². The van der Waals surface area contributed by atoms with Gasteiger partial charge in [-0.25, -0.2) is 4.39 Å². The van der Waals surface area contributed by atoms with Crippen LogP contribution in [0, 0.1) is 24.2 Å². The second kappa shape index (κ2) is 8.87. The quantitative estimate of drug-likeness (QED) is 0.352. The van der Waals surface area contributed by atoms with Crippen LogP contribution in [0.1, 0.15) is 80.4 Å². The summed E-state index contributed by atoms with van der Waals surface area (Å²) in [4.78, 5) is 0. The van der Waals surface area contributed by atoms with Crippen molar-refractivity contribution >= 4 is 31.4 Å². The first-order valence-electron chi connectivity index (χ1n) is 12.3. The van der Waals surface area contributed by atoms with Crippen molar-refractivity contribution < 1.29 is 13.7 Å². The van der Waals surface area contributed by atoms with E-state index < -0.39 is 26.4 Å². The maximum absolute atomic E-state index is 15.1. The van der Waals surface area contributed by atoms with E-state index in [2.05, 4.69) is 59.1 Å². The van der Waals surface area contributed by atoms with Crippen molar-refractivity contribution in [2.24, 2.45) is 0 Å². The first-order chi connectivity index (χ1) is 15.1. The lowest BCUT2D eigenvalue weighted by Gasteiger charge is -2.38. The Balaban J connectivity index is 2.29. The molecule has 1 heterocycles. The fourth-order valence-electron chi connectivity index (χ4n) is 5.50. The molecule has 5 heteroatoms. The zero-order chi connectivity index (χ0) is 24.9. The van der Waals surface area contributed by atoms with E-state index >= 15 is 4.39 Å². The summed E-state index contributed by atoms with van der Waals surface area (Å²) in [5, 5.41) is 1.39. The second-order valence-corrected chi connectivity index (χ2v) is 17.2. The van der Waals surface area contributed by atoms with Gasteiger partial charge in [-0.3, -0.25) is 0 Å². The van der Waals surface area contributed by atoms with E-state index in [9.17, 15) is 0 Å². The van der Waals surface area contributed by atoms with Crippen LogP contribution in [0.2, 0.25) is 16.6 Å². The van der Waals surface area contributed by atoms with Gasteiger partial charge in [0.25, 0.3) is 0 Å².